The molecule has 1 aliphatic rings. The van der Waals surface area contributed by atoms with Crippen molar-refractivity contribution in [2.24, 2.45) is 0 Å². The van der Waals surface area contributed by atoms with E-state index < -0.39 is 6.10 Å². The first-order chi connectivity index (χ1) is 12.2. The van der Waals surface area contributed by atoms with E-state index in [0.29, 0.717) is 11.3 Å². The van der Waals surface area contributed by atoms with Gasteiger partial charge < -0.3 is 10.1 Å². The molecule has 0 fully saturated rings. The van der Waals surface area contributed by atoms with Crippen LogP contribution in [0.15, 0.2) is 54.9 Å². The van der Waals surface area contributed by atoms with E-state index >= 15 is 0 Å². The number of carbonyl (C=O) groups is 2. The molecule has 0 radical (unpaired) electrons. The van der Waals surface area contributed by atoms with Crippen LogP contribution in [0.4, 0.5) is 5.69 Å². The summed E-state index contributed by atoms with van der Waals surface area (Å²) in [4.78, 5) is 24.1. The number of tetrazole rings is 1. The maximum atomic E-state index is 12.3. The fraction of sp³-hybridized carbons (Fsp3) is 0.118. The molecular weight excluding hydrogens is 322 g/mol. The summed E-state index contributed by atoms with van der Waals surface area (Å²) >= 11 is 0. The lowest BCUT2D eigenvalue weighted by Crippen LogP contribution is -2.15. The number of esters is 1. The largest absolute Gasteiger partial charge is 0.453 e. The second kappa shape index (κ2) is 6.16. The van der Waals surface area contributed by atoms with Gasteiger partial charge in [0.25, 0.3) is 0 Å². The minimum absolute atomic E-state index is 0.0670. The molecule has 0 unspecified atom stereocenters. The molecule has 0 saturated heterocycles. The summed E-state index contributed by atoms with van der Waals surface area (Å²) in [5, 5.41) is 13.7. The minimum atomic E-state index is -0.552. The summed E-state index contributed by atoms with van der Waals surface area (Å²) in [6, 6.07) is 14.2. The third-order valence-corrected chi connectivity index (χ3v) is 3.91. The molecular formula is C17H13N5O3. The number of anilines is 1. The first kappa shape index (κ1) is 15.0. The molecule has 1 aromatic heterocycles. The second-order valence-corrected chi connectivity index (χ2v) is 5.53. The van der Waals surface area contributed by atoms with Crippen LogP contribution in [0.25, 0.3) is 5.69 Å². The number of hydrogen-bond acceptors (Lipinski definition) is 6. The summed E-state index contributed by atoms with van der Waals surface area (Å²) in [7, 11) is 0. The molecule has 0 spiro atoms. The van der Waals surface area contributed by atoms with Crippen molar-refractivity contribution >= 4 is 17.6 Å². The molecule has 0 aliphatic carbocycles. The highest BCUT2D eigenvalue weighted by Gasteiger charge is 2.31. The number of nitrogens with one attached hydrogen (secondary N) is 1. The van der Waals surface area contributed by atoms with E-state index in [9.17, 15) is 9.59 Å². The Morgan fingerprint density at radius 3 is 2.72 bits per heavy atom. The summed E-state index contributed by atoms with van der Waals surface area (Å²) < 4.78 is 6.80. The zero-order chi connectivity index (χ0) is 17.2. The van der Waals surface area contributed by atoms with E-state index in [1.807, 2.05) is 6.07 Å². The lowest BCUT2D eigenvalue weighted by Gasteiger charge is -2.11. The Balaban J connectivity index is 1.42. The standard InChI is InChI=1S/C17H13N5O3/c23-16(9-15-13-3-1-2-4-14(13)17(24)25-15)19-11-5-7-12(8-6-11)22-10-18-20-21-22/h1-8,10,15H,9H2,(H,19,23)/t15-/m0/s1. The van der Waals surface area contributed by atoms with Gasteiger partial charge >= 0.3 is 5.97 Å². The van der Waals surface area contributed by atoms with Crippen LogP contribution >= 0.6 is 0 Å². The van der Waals surface area contributed by atoms with Crippen molar-refractivity contribution in [3.05, 3.63) is 66.0 Å². The molecule has 4 rings (SSSR count). The molecule has 1 N–H and O–H groups in total. The predicted molar refractivity (Wildman–Crippen MR) is 87.0 cm³/mol. The van der Waals surface area contributed by atoms with E-state index in [-0.39, 0.29) is 18.3 Å². The number of hydrogen-bond donors (Lipinski definition) is 1. The molecule has 2 heterocycles. The van der Waals surface area contributed by atoms with Gasteiger partial charge in [0.1, 0.15) is 12.4 Å². The van der Waals surface area contributed by atoms with Gasteiger partial charge in [-0.1, -0.05) is 18.2 Å². The van der Waals surface area contributed by atoms with Crippen LogP contribution < -0.4 is 5.32 Å². The van der Waals surface area contributed by atoms with Crippen molar-refractivity contribution in [1.82, 2.24) is 20.2 Å². The molecule has 8 heteroatoms. The zero-order valence-electron chi connectivity index (χ0n) is 13.0. The van der Waals surface area contributed by atoms with Gasteiger partial charge in [-0.15, -0.1) is 5.10 Å². The number of benzene rings is 2. The van der Waals surface area contributed by atoms with E-state index in [2.05, 4.69) is 20.8 Å². The van der Waals surface area contributed by atoms with E-state index in [4.69, 9.17) is 4.74 Å². The Bertz CT molecular complexity index is 922. The van der Waals surface area contributed by atoms with Crippen LogP contribution in [0.1, 0.15) is 28.4 Å². The highest BCUT2D eigenvalue weighted by Crippen LogP contribution is 2.32. The number of cyclic esters (lactones) is 1. The van der Waals surface area contributed by atoms with Crippen LogP contribution in [0.5, 0.6) is 0 Å². The molecule has 2 aromatic carbocycles. The molecule has 1 atom stereocenters. The van der Waals surface area contributed by atoms with Gasteiger partial charge in [-0.05, 0) is 40.8 Å². The topological polar surface area (TPSA) is 99.0 Å². The quantitative estimate of drug-likeness (QED) is 0.731. The SMILES string of the molecule is O=C(C[C@@H]1OC(=O)c2ccccc21)Nc1ccc(-n2cnnn2)cc1. The molecule has 1 amide bonds. The van der Waals surface area contributed by atoms with Crippen molar-refractivity contribution in [2.75, 3.05) is 5.32 Å². The Morgan fingerprint density at radius 1 is 1.16 bits per heavy atom. The fourth-order valence-corrected chi connectivity index (χ4v) is 2.73. The van der Waals surface area contributed by atoms with Crippen LogP contribution in [0.3, 0.4) is 0 Å². The third-order valence-electron chi connectivity index (χ3n) is 3.91. The normalized spacial score (nSPS) is 15.5. The van der Waals surface area contributed by atoms with Crippen molar-refractivity contribution in [1.29, 1.82) is 0 Å². The van der Waals surface area contributed by atoms with Crippen molar-refractivity contribution in [3.8, 4) is 5.69 Å². The maximum absolute atomic E-state index is 12.3. The second-order valence-electron chi connectivity index (χ2n) is 5.53. The summed E-state index contributed by atoms with van der Waals surface area (Å²) in [5.74, 6) is -0.621. The van der Waals surface area contributed by atoms with Gasteiger partial charge in [-0.2, -0.15) is 0 Å². The lowest BCUT2D eigenvalue weighted by atomic mass is 10.0. The van der Waals surface area contributed by atoms with Crippen LogP contribution in [0, 0.1) is 0 Å². The number of amides is 1. The lowest BCUT2D eigenvalue weighted by molar-refractivity contribution is -0.118. The molecule has 25 heavy (non-hydrogen) atoms. The van der Waals surface area contributed by atoms with Crippen LogP contribution in [0.2, 0.25) is 0 Å². The van der Waals surface area contributed by atoms with Gasteiger partial charge in [0.05, 0.1) is 17.7 Å². The Kier molecular flexibility index (Phi) is 3.70. The number of ether oxygens (including phenoxy) is 1. The number of aromatic nitrogens is 4. The zero-order valence-corrected chi connectivity index (χ0v) is 13.0. The molecule has 8 nitrogen and oxygen atoms in total. The van der Waals surface area contributed by atoms with Gasteiger partial charge in [0, 0.05) is 11.3 Å². The van der Waals surface area contributed by atoms with Crippen molar-refractivity contribution in [3.63, 3.8) is 0 Å². The summed E-state index contributed by atoms with van der Waals surface area (Å²) in [6.07, 6.45) is 1.00. The number of rotatable bonds is 4. The Hall–Kier alpha value is -3.55. The highest BCUT2D eigenvalue weighted by molar-refractivity contribution is 5.96. The number of carbonyl (C=O) groups excluding carboxylic acids is 2. The molecule has 0 saturated carbocycles. The first-order valence-corrected chi connectivity index (χ1v) is 7.64. The Labute approximate surface area is 142 Å². The number of nitrogens with zero attached hydrogens (tertiary/aromatic N) is 4. The van der Waals surface area contributed by atoms with Gasteiger partial charge in [0.2, 0.25) is 5.91 Å². The Morgan fingerprint density at radius 2 is 1.96 bits per heavy atom. The summed E-state index contributed by atoms with van der Waals surface area (Å²) in [6.45, 7) is 0. The van der Waals surface area contributed by atoms with E-state index in [1.165, 1.54) is 11.0 Å². The van der Waals surface area contributed by atoms with Crippen LogP contribution in [-0.4, -0.2) is 32.1 Å². The molecule has 0 bridgehead atoms. The smallest absolute Gasteiger partial charge is 0.339 e. The molecule has 124 valence electrons. The van der Waals surface area contributed by atoms with Crippen molar-refractivity contribution in [2.45, 2.75) is 12.5 Å². The monoisotopic (exact) mass is 335 g/mol. The van der Waals surface area contributed by atoms with Crippen LogP contribution in [-0.2, 0) is 9.53 Å². The van der Waals surface area contributed by atoms with Gasteiger partial charge in [-0.25, -0.2) is 9.48 Å². The van der Waals surface area contributed by atoms with E-state index in [1.54, 1.807) is 42.5 Å². The van der Waals surface area contributed by atoms with Gasteiger partial charge in [0.15, 0.2) is 0 Å². The average molecular weight is 335 g/mol. The molecule has 1 aliphatic heterocycles. The fourth-order valence-electron chi connectivity index (χ4n) is 2.73. The number of fused-ring (bicyclic) bond motifs is 1. The van der Waals surface area contributed by atoms with Gasteiger partial charge in [-0.3, -0.25) is 4.79 Å². The average Bonchev–Trinajstić information content (AvgIpc) is 3.25. The minimum Gasteiger partial charge on any atom is -0.453 e. The first-order valence-electron chi connectivity index (χ1n) is 7.64. The molecule has 3 aromatic rings. The third kappa shape index (κ3) is 2.97. The predicted octanol–water partition coefficient (Wildman–Crippen LogP) is 1.90. The van der Waals surface area contributed by atoms with Crippen molar-refractivity contribution < 1.29 is 14.3 Å². The summed E-state index contributed by atoms with van der Waals surface area (Å²) in [5.41, 5.74) is 2.68. The van der Waals surface area contributed by atoms with E-state index in [0.717, 1.165) is 11.3 Å². The maximum Gasteiger partial charge on any atom is 0.339 e. The highest BCUT2D eigenvalue weighted by atomic mass is 16.5.